The van der Waals surface area contributed by atoms with Crippen LogP contribution >= 0.6 is 0 Å². The number of amides is 2. The minimum absolute atomic E-state index is 0.216. The zero-order valence-corrected chi connectivity index (χ0v) is 12.3. The summed E-state index contributed by atoms with van der Waals surface area (Å²) in [5.74, 6) is 1.70. The van der Waals surface area contributed by atoms with Crippen molar-refractivity contribution in [2.24, 2.45) is 0 Å². The number of rotatable bonds is 3. The number of urea groups is 1. The van der Waals surface area contributed by atoms with Crippen LogP contribution in [0.4, 0.5) is 10.5 Å². The molecule has 2 aromatic rings. The van der Waals surface area contributed by atoms with Crippen molar-refractivity contribution in [3.8, 4) is 0 Å². The van der Waals surface area contributed by atoms with Gasteiger partial charge in [0.1, 0.15) is 11.5 Å². The SMILES string of the molecule is Cc1cc(CNC(=O)Nc2ccc(C)c(C)c2)c(C)o1. The minimum Gasteiger partial charge on any atom is -0.466 e. The lowest BCUT2D eigenvalue weighted by Gasteiger charge is -2.09. The number of carbonyl (C=O) groups excluding carboxylic acids is 1. The maximum atomic E-state index is 11.8. The molecular weight excluding hydrogens is 252 g/mol. The Balaban J connectivity index is 1.92. The van der Waals surface area contributed by atoms with Crippen molar-refractivity contribution < 1.29 is 9.21 Å². The predicted molar refractivity (Wildman–Crippen MR) is 80.0 cm³/mol. The zero-order chi connectivity index (χ0) is 14.7. The van der Waals surface area contributed by atoms with Gasteiger partial charge in [-0.2, -0.15) is 0 Å². The molecule has 0 aliphatic heterocycles. The van der Waals surface area contributed by atoms with Gasteiger partial charge in [-0.05, 0) is 57.0 Å². The molecule has 0 bridgehead atoms. The van der Waals surface area contributed by atoms with Gasteiger partial charge in [-0.1, -0.05) is 6.07 Å². The average Bonchev–Trinajstić information content (AvgIpc) is 2.70. The van der Waals surface area contributed by atoms with Gasteiger partial charge in [0.25, 0.3) is 0 Å². The second-order valence-corrected chi connectivity index (χ2v) is 5.05. The summed E-state index contributed by atoms with van der Waals surface area (Å²) in [5.41, 5.74) is 4.16. The van der Waals surface area contributed by atoms with E-state index in [1.807, 2.05) is 52.0 Å². The Kier molecular flexibility index (Phi) is 4.13. The Morgan fingerprint density at radius 2 is 1.85 bits per heavy atom. The number of aryl methyl sites for hydroxylation is 4. The van der Waals surface area contributed by atoms with Crippen molar-refractivity contribution >= 4 is 11.7 Å². The van der Waals surface area contributed by atoms with Crippen molar-refractivity contribution in [2.45, 2.75) is 34.2 Å². The van der Waals surface area contributed by atoms with Gasteiger partial charge in [0, 0.05) is 17.8 Å². The standard InChI is InChI=1S/C16H20N2O2/c1-10-5-6-15(7-11(10)2)18-16(19)17-9-14-8-12(3)20-13(14)4/h5-8H,9H2,1-4H3,(H2,17,18,19). The summed E-state index contributed by atoms with van der Waals surface area (Å²) in [6, 6.07) is 7.57. The predicted octanol–water partition coefficient (Wildman–Crippen LogP) is 3.83. The first-order valence-corrected chi connectivity index (χ1v) is 6.63. The lowest BCUT2D eigenvalue weighted by molar-refractivity contribution is 0.251. The highest BCUT2D eigenvalue weighted by Crippen LogP contribution is 2.15. The Morgan fingerprint density at radius 3 is 2.45 bits per heavy atom. The van der Waals surface area contributed by atoms with Gasteiger partial charge in [-0.25, -0.2) is 4.79 Å². The average molecular weight is 272 g/mol. The maximum absolute atomic E-state index is 11.8. The molecule has 1 heterocycles. The van der Waals surface area contributed by atoms with Crippen LogP contribution in [-0.4, -0.2) is 6.03 Å². The van der Waals surface area contributed by atoms with E-state index in [-0.39, 0.29) is 6.03 Å². The first kappa shape index (κ1) is 14.2. The van der Waals surface area contributed by atoms with Crippen molar-refractivity contribution in [3.05, 3.63) is 52.5 Å². The molecule has 0 atom stereocenters. The van der Waals surface area contributed by atoms with E-state index in [2.05, 4.69) is 10.6 Å². The zero-order valence-electron chi connectivity index (χ0n) is 12.3. The molecule has 2 amide bonds. The third-order valence-corrected chi connectivity index (χ3v) is 3.35. The van der Waals surface area contributed by atoms with Crippen molar-refractivity contribution in [1.29, 1.82) is 0 Å². The number of hydrogen-bond acceptors (Lipinski definition) is 2. The number of benzene rings is 1. The minimum atomic E-state index is -0.216. The van der Waals surface area contributed by atoms with E-state index in [0.717, 1.165) is 28.3 Å². The molecule has 20 heavy (non-hydrogen) atoms. The van der Waals surface area contributed by atoms with Crippen LogP contribution in [0, 0.1) is 27.7 Å². The molecule has 0 fully saturated rings. The molecular formula is C16H20N2O2. The molecule has 0 radical (unpaired) electrons. The van der Waals surface area contributed by atoms with Crippen LogP contribution in [0.3, 0.4) is 0 Å². The number of nitrogens with one attached hydrogen (secondary N) is 2. The van der Waals surface area contributed by atoms with E-state index in [0.29, 0.717) is 6.54 Å². The number of anilines is 1. The Bertz CT molecular complexity index is 629. The molecule has 2 rings (SSSR count). The lowest BCUT2D eigenvalue weighted by atomic mass is 10.1. The van der Waals surface area contributed by atoms with Crippen LogP contribution in [0.5, 0.6) is 0 Å². The third-order valence-electron chi connectivity index (χ3n) is 3.35. The summed E-state index contributed by atoms with van der Waals surface area (Å²) in [7, 11) is 0. The molecule has 0 unspecified atom stereocenters. The summed E-state index contributed by atoms with van der Waals surface area (Å²) in [6.07, 6.45) is 0. The van der Waals surface area contributed by atoms with E-state index < -0.39 is 0 Å². The van der Waals surface area contributed by atoms with Gasteiger partial charge in [-0.15, -0.1) is 0 Å². The number of furan rings is 1. The number of hydrogen-bond donors (Lipinski definition) is 2. The highest BCUT2D eigenvalue weighted by molar-refractivity contribution is 5.89. The van der Waals surface area contributed by atoms with E-state index in [1.54, 1.807) is 0 Å². The monoisotopic (exact) mass is 272 g/mol. The van der Waals surface area contributed by atoms with Gasteiger partial charge >= 0.3 is 6.03 Å². The topological polar surface area (TPSA) is 54.3 Å². The highest BCUT2D eigenvalue weighted by Gasteiger charge is 2.07. The first-order chi connectivity index (χ1) is 9.45. The summed E-state index contributed by atoms with van der Waals surface area (Å²) >= 11 is 0. The maximum Gasteiger partial charge on any atom is 0.319 e. The van der Waals surface area contributed by atoms with Gasteiger partial charge in [0.05, 0.1) is 0 Å². The van der Waals surface area contributed by atoms with Crippen LogP contribution in [0.25, 0.3) is 0 Å². The van der Waals surface area contributed by atoms with Crippen LogP contribution in [-0.2, 0) is 6.54 Å². The van der Waals surface area contributed by atoms with Gasteiger partial charge in [0.2, 0.25) is 0 Å². The van der Waals surface area contributed by atoms with E-state index >= 15 is 0 Å². The lowest BCUT2D eigenvalue weighted by Crippen LogP contribution is -2.28. The van der Waals surface area contributed by atoms with E-state index in [9.17, 15) is 4.79 Å². The molecule has 0 saturated carbocycles. The third kappa shape index (κ3) is 3.41. The molecule has 4 nitrogen and oxygen atoms in total. The fraction of sp³-hybridized carbons (Fsp3) is 0.312. The molecule has 0 aliphatic carbocycles. The Hall–Kier alpha value is -2.23. The second kappa shape index (κ2) is 5.82. The molecule has 1 aromatic carbocycles. The fourth-order valence-corrected chi connectivity index (χ4v) is 2.03. The van der Waals surface area contributed by atoms with Gasteiger partial charge in [-0.3, -0.25) is 0 Å². The smallest absolute Gasteiger partial charge is 0.319 e. The van der Waals surface area contributed by atoms with Crippen LogP contribution in [0.1, 0.15) is 28.2 Å². The van der Waals surface area contributed by atoms with E-state index in [1.165, 1.54) is 5.56 Å². The molecule has 1 aromatic heterocycles. The summed E-state index contributed by atoms with van der Waals surface area (Å²) in [6.45, 7) is 8.32. The quantitative estimate of drug-likeness (QED) is 0.892. The number of carbonyl (C=O) groups is 1. The highest BCUT2D eigenvalue weighted by atomic mass is 16.3. The van der Waals surface area contributed by atoms with Crippen LogP contribution in [0.2, 0.25) is 0 Å². The van der Waals surface area contributed by atoms with E-state index in [4.69, 9.17) is 4.42 Å². The van der Waals surface area contributed by atoms with Gasteiger partial charge < -0.3 is 15.1 Å². The van der Waals surface area contributed by atoms with Crippen LogP contribution < -0.4 is 10.6 Å². The molecule has 0 aliphatic rings. The summed E-state index contributed by atoms with van der Waals surface area (Å²) in [4.78, 5) is 11.8. The molecule has 0 spiro atoms. The van der Waals surface area contributed by atoms with Gasteiger partial charge in [0.15, 0.2) is 0 Å². The summed E-state index contributed by atoms with van der Waals surface area (Å²) < 4.78 is 5.42. The fourth-order valence-electron chi connectivity index (χ4n) is 2.03. The Labute approximate surface area is 119 Å². The molecule has 4 heteroatoms. The van der Waals surface area contributed by atoms with Crippen molar-refractivity contribution in [2.75, 3.05) is 5.32 Å². The Morgan fingerprint density at radius 1 is 1.10 bits per heavy atom. The van der Waals surface area contributed by atoms with Crippen LogP contribution in [0.15, 0.2) is 28.7 Å². The first-order valence-electron chi connectivity index (χ1n) is 6.63. The molecule has 0 saturated heterocycles. The molecule has 2 N–H and O–H groups in total. The normalized spacial score (nSPS) is 10.4. The van der Waals surface area contributed by atoms with Crippen molar-refractivity contribution in [3.63, 3.8) is 0 Å². The summed E-state index contributed by atoms with van der Waals surface area (Å²) in [5, 5.41) is 5.65. The van der Waals surface area contributed by atoms with Crippen molar-refractivity contribution in [1.82, 2.24) is 5.32 Å². The molecule has 106 valence electrons. The second-order valence-electron chi connectivity index (χ2n) is 5.05. The largest absolute Gasteiger partial charge is 0.466 e.